The highest BCUT2D eigenvalue weighted by Gasteiger charge is 2.15. The standard InChI is InChI=1S/C19H23N3O3/c1-22(2)16-10-6-5-9-15(16)21-19(24)18(23)20-13-12-14-8-4-7-11-17(14)25-3/h4-11H,12-13H2,1-3H3,(H,20,23)(H,21,24). The zero-order valence-corrected chi connectivity index (χ0v) is 14.7. The number of methoxy groups -OCH3 is 1. The number of ether oxygens (including phenoxy) is 1. The minimum Gasteiger partial charge on any atom is -0.496 e. The number of nitrogens with zero attached hydrogens (tertiary/aromatic N) is 1. The molecule has 0 fully saturated rings. The summed E-state index contributed by atoms with van der Waals surface area (Å²) in [6.07, 6.45) is 0.581. The maximum Gasteiger partial charge on any atom is 0.313 e. The third-order valence-electron chi connectivity index (χ3n) is 3.71. The van der Waals surface area contributed by atoms with E-state index in [0.717, 1.165) is 17.0 Å². The molecule has 132 valence electrons. The van der Waals surface area contributed by atoms with Gasteiger partial charge >= 0.3 is 11.8 Å². The number of carbonyl (C=O) groups is 2. The van der Waals surface area contributed by atoms with Gasteiger partial charge in [-0.05, 0) is 30.2 Å². The maximum absolute atomic E-state index is 12.1. The van der Waals surface area contributed by atoms with Crippen molar-refractivity contribution in [3.8, 4) is 5.75 Å². The van der Waals surface area contributed by atoms with Gasteiger partial charge in [-0.2, -0.15) is 0 Å². The number of amides is 2. The van der Waals surface area contributed by atoms with Crippen LogP contribution in [-0.2, 0) is 16.0 Å². The van der Waals surface area contributed by atoms with E-state index in [1.165, 1.54) is 0 Å². The molecule has 0 aliphatic heterocycles. The molecule has 0 unspecified atom stereocenters. The molecule has 6 heteroatoms. The van der Waals surface area contributed by atoms with Crippen molar-refractivity contribution in [2.75, 3.05) is 38.0 Å². The first-order valence-corrected chi connectivity index (χ1v) is 8.00. The largest absolute Gasteiger partial charge is 0.496 e. The molecular weight excluding hydrogens is 318 g/mol. The molecule has 0 heterocycles. The van der Waals surface area contributed by atoms with E-state index in [-0.39, 0.29) is 0 Å². The van der Waals surface area contributed by atoms with E-state index in [2.05, 4.69) is 10.6 Å². The Kier molecular flexibility index (Phi) is 6.39. The molecule has 0 saturated heterocycles. The van der Waals surface area contributed by atoms with Crippen molar-refractivity contribution in [3.63, 3.8) is 0 Å². The fourth-order valence-electron chi connectivity index (χ4n) is 2.45. The topological polar surface area (TPSA) is 70.7 Å². The average Bonchev–Trinajstić information content (AvgIpc) is 2.62. The molecule has 2 aromatic rings. The van der Waals surface area contributed by atoms with Crippen LogP contribution in [-0.4, -0.2) is 39.6 Å². The summed E-state index contributed by atoms with van der Waals surface area (Å²) in [6.45, 7) is 0.349. The van der Waals surface area contributed by atoms with Crippen LogP contribution >= 0.6 is 0 Å². The third-order valence-corrected chi connectivity index (χ3v) is 3.71. The molecule has 2 rings (SSSR count). The van der Waals surface area contributed by atoms with Crippen molar-refractivity contribution in [2.24, 2.45) is 0 Å². The Bertz CT molecular complexity index is 744. The number of nitrogens with one attached hydrogen (secondary N) is 2. The molecule has 2 aromatic carbocycles. The number of hydrogen-bond donors (Lipinski definition) is 2. The normalized spacial score (nSPS) is 10.0. The molecule has 0 spiro atoms. The first-order chi connectivity index (χ1) is 12.0. The number of hydrogen-bond acceptors (Lipinski definition) is 4. The van der Waals surface area contributed by atoms with Gasteiger partial charge in [0.15, 0.2) is 0 Å². The molecule has 0 atom stereocenters. The smallest absolute Gasteiger partial charge is 0.313 e. The molecule has 6 nitrogen and oxygen atoms in total. The summed E-state index contributed by atoms with van der Waals surface area (Å²) >= 11 is 0. The lowest BCUT2D eigenvalue weighted by atomic mass is 10.1. The van der Waals surface area contributed by atoms with Gasteiger partial charge in [0.2, 0.25) is 0 Å². The Balaban J connectivity index is 1.90. The van der Waals surface area contributed by atoms with Crippen LogP contribution < -0.4 is 20.3 Å². The van der Waals surface area contributed by atoms with Crippen molar-refractivity contribution >= 4 is 23.2 Å². The van der Waals surface area contributed by atoms with E-state index in [9.17, 15) is 9.59 Å². The SMILES string of the molecule is COc1ccccc1CCNC(=O)C(=O)Nc1ccccc1N(C)C. The monoisotopic (exact) mass is 341 g/mol. The summed E-state index contributed by atoms with van der Waals surface area (Å²) in [6, 6.07) is 14.9. The van der Waals surface area contributed by atoms with Crippen LogP contribution in [0, 0.1) is 0 Å². The first-order valence-electron chi connectivity index (χ1n) is 8.00. The van der Waals surface area contributed by atoms with Crippen molar-refractivity contribution in [2.45, 2.75) is 6.42 Å². The molecule has 0 radical (unpaired) electrons. The summed E-state index contributed by atoms with van der Waals surface area (Å²) in [5.74, 6) is -0.584. The van der Waals surface area contributed by atoms with Gasteiger partial charge in [-0.1, -0.05) is 30.3 Å². The van der Waals surface area contributed by atoms with Gasteiger partial charge in [0.25, 0.3) is 0 Å². The number of benzene rings is 2. The summed E-state index contributed by atoms with van der Waals surface area (Å²) in [4.78, 5) is 26.0. The summed E-state index contributed by atoms with van der Waals surface area (Å²) in [5, 5.41) is 5.28. The molecule has 0 aliphatic rings. The van der Waals surface area contributed by atoms with Crippen molar-refractivity contribution in [1.82, 2.24) is 5.32 Å². The lowest BCUT2D eigenvalue weighted by Gasteiger charge is -2.17. The number of para-hydroxylation sites is 3. The molecule has 25 heavy (non-hydrogen) atoms. The van der Waals surface area contributed by atoms with Crippen molar-refractivity contribution in [3.05, 3.63) is 54.1 Å². The highest BCUT2D eigenvalue weighted by Crippen LogP contribution is 2.23. The van der Waals surface area contributed by atoms with Gasteiger partial charge in [0.05, 0.1) is 18.5 Å². The molecule has 0 aliphatic carbocycles. The lowest BCUT2D eigenvalue weighted by molar-refractivity contribution is -0.136. The summed E-state index contributed by atoms with van der Waals surface area (Å²) in [7, 11) is 5.35. The molecule has 0 bridgehead atoms. The highest BCUT2D eigenvalue weighted by atomic mass is 16.5. The van der Waals surface area contributed by atoms with E-state index in [4.69, 9.17) is 4.74 Å². The van der Waals surface area contributed by atoms with Crippen LogP contribution in [0.1, 0.15) is 5.56 Å². The Labute approximate surface area is 147 Å². The Morgan fingerprint density at radius 2 is 1.68 bits per heavy atom. The van der Waals surface area contributed by atoms with E-state index in [1.54, 1.807) is 13.2 Å². The average molecular weight is 341 g/mol. The van der Waals surface area contributed by atoms with E-state index in [0.29, 0.717) is 18.7 Å². The zero-order chi connectivity index (χ0) is 18.2. The fraction of sp³-hybridized carbons (Fsp3) is 0.263. The van der Waals surface area contributed by atoms with Crippen LogP contribution in [0.5, 0.6) is 5.75 Å². The summed E-state index contributed by atoms with van der Waals surface area (Å²) < 4.78 is 5.27. The molecule has 2 amide bonds. The number of rotatable bonds is 6. The van der Waals surface area contributed by atoms with Crippen LogP contribution in [0.25, 0.3) is 0 Å². The second kappa shape index (κ2) is 8.73. The number of anilines is 2. The predicted octanol–water partition coefficient (Wildman–Crippen LogP) is 2.06. The number of carbonyl (C=O) groups excluding carboxylic acids is 2. The van der Waals surface area contributed by atoms with E-state index in [1.807, 2.05) is 61.5 Å². The highest BCUT2D eigenvalue weighted by molar-refractivity contribution is 6.39. The Hall–Kier alpha value is -3.02. The van der Waals surface area contributed by atoms with Gasteiger partial charge in [-0.3, -0.25) is 9.59 Å². The minimum atomic E-state index is -0.686. The zero-order valence-electron chi connectivity index (χ0n) is 14.7. The summed E-state index contributed by atoms with van der Waals surface area (Å²) in [5.41, 5.74) is 2.40. The van der Waals surface area contributed by atoms with Crippen molar-refractivity contribution < 1.29 is 14.3 Å². The Morgan fingerprint density at radius 1 is 1.00 bits per heavy atom. The molecule has 2 N–H and O–H groups in total. The van der Waals surface area contributed by atoms with Crippen LogP contribution in [0.15, 0.2) is 48.5 Å². The first kappa shape index (κ1) is 18.3. The van der Waals surface area contributed by atoms with Crippen LogP contribution in [0.2, 0.25) is 0 Å². The van der Waals surface area contributed by atoms with Gasteiger partial charge in [-0.25, -0.2) is 0 Å². The Morgan fingerprint density at radius 3 is 2.40 bits per heavy atom. The quantitative estimate of drug-likeness (QED) is 0.789. The maximum atomic E-state index is 12.1. The van der Waals surface area contributed by atoms with Gasteiger partial charge in [0.1, 0.15) is 5.75 Å². The molecular formula is C19H23N3O3. The third kappa shape index (κ3) is 4.97. The fourth-order valence-corrected chi connectivity index (χ4v) is 2.45. The lowest BCUT2D eigenvalue weighted by Crippen LogP contribution is -2.36. The predicted molar refractivity (Wildman–Crippen MR) is 99.1 cm³/mol. The van der Waals surface area contributed by atoms with Crippen molar-refractivity contribution in [1.29, 1.82) is 0 Å². The second-order valence-electron chi connectivity index (χ2n) is 5.68. The van der Waals surface area contributed by atoms with Gasteiger partial charge in [0, 0.05) is 20.6 Å². The second-order valence-corrected chi connectivity index (χ2v) is 5.68. The molecule has 0 saturated carbocycles. The minimum absolute atomic E-state index is 0.349. The van der Waals surface area contributed by atoms with Crippen LogP contribution in [0.4, 0.5) is 11.4 Å². The van der Waals surface area contributed by atoms with Gasteiger partial charge < -0.3 is 20.3 Å². The van der Waals surface area contributed by atoms with Gasteiger partial charge in [-0.15, -0.1) is 0 Å². The molecule has 0 aromatic heterocycles. The van der Waals surface area contributed by atoms with E-state index >= 15 is 0 Å². The van der Waals surface area contributed by atoms with Crippen LogP contribution in [0.3, 0.4) is 0 Å². The van der Waals surface area contributed by atoms with E-state index < -0.39 is 11.8 Å².